The van der Waals surface area contributed by atoms with Crippen LogP contribution in [0.3, 0.4) is 0 Å². The molecule has 1 aromatic carbocycles. The van der Waals surface area contributed by atoms with Gasteiger partial charge in [-0.15, -0.1) is 0 Å². The molecule has 2 rings (SSSR count). The lowest BCUT2D eigenvalue weighted by Gasteiger charge is -2.12. The van der Waals surface area contributed by atoms with Crippen molar-refractivity contribution in [3.8, 4) is 0 Å². The van der Waals surface area contributed by atoms with Crippen LogP contribution < -0.4 is 5.73 Å². The average Bonchev–Trinajstić information content (AvgIpc) is 2.91. The topological polar surface area (TPSA) is 62.0 Å². The molecular formula is C14H18N2O. The third kappa shape index (κ3) is 2.57. The molecule has 1 heterocycles. The lowest BCUT2D eigenvalue weighted by Crippen LogP contribution is -2.09. The number of nitrogens with two attached hydrogens (primary N) is 1. The molecule has 0 radical (unpaired) electrons. The van der Waals surface area contributed by atoms with Crippen molar-refractivity contribution in [3.63, 3.8) is 0 Å². The van der Waals surface area contributed by atoms with E-state index in [-0.39, 0.29) is 0 Å². The fourth-order valence-electron chi connectivity index (χ4n) is 1.84. The fraction of sp³-hybridized carbons (Fsp3) is 0.286. The Morgan fingerprint density at radius 2 is 1.76 bits per heavy atom. The van der Waals surface area contributed by atoms with Gasteiger partial charge in [-0.05, 0) is 29.7 Å². The third-order valence-corrected chi connectivity index (χ3v) is 3.11. The first-order valence-electron chi connectivity index (χ1n) is 5.83. The normalized spacial score (nSPS) is 14.5. The van der Waals surface area contributed by atoms with Gasteiger partial charge in [-0.1, -0.05) is 31.2 Å². The van der Waals surface area contributed by atoms with E-state index in [0.717, 1.165) is 11.1 Å². The number of benzene rings is 1. The number of hydrogen-bond acceptors (Lipinski definition) is 2. The summed E-state index contributed by atoms with van der Waals surface area (Å²) in [7, 11) is 0. The van der Waals surface area contributed by atoms with Gasteiger partial charge in [-0.3, -0.25) is 0 Å². The minimum absolute atomic E-state index is 0.355. The van der Waals surface area contributed by atoms with E-state index in [1.807, 2.05) is 36.5 Å². The Morgan fingerprint density at radius 3 is 2.29 bits per heavy atom. The van der Waals surface area contributed by atoms with Crippen molar-refractivity contribution in [3.05, 3.63) is 59.4 Å². The second kappa shape index (κ2) is 5.17. The summed E-state index contributed by atoms with van der Waals surface area (Å²) in [5.41, 5.74) is 8.61. The molecule has 2 unspecified atom stereocenters. The van der Waals surface area contributed by atoms with Crippen molar-refractivity contribution in [2.24, 2.45) is 5.73 Å². The average molecular weight is 230 g/mol. The Labute approximate surface area is 101 Å². The maximum absolute atomic E-state index is 10.1. The summed E-state index contributed by atoms with van der Waals surface area (Å²) < 4.78 is 0. The zero-order valence-electron chi connectivity index (χ0n) is 9.93. The molecule has 4 N–H and O–H groups in total. The molecular weight excluding hydrogens is 212 g/mol. The SMILES string of the molecule is CC(CN)c1ccc(C(O)c2cc[nH]c2)cc1. The second-order valence-electron chi connectivity index (χ2n) is 4.35. The number of aromatic amines is 1. The van der Waals surface area contributed by atoms with Gasteiger partial charge < -0.3 is 15.8 Å². The highest BCUT2D eigenvalue weighted by Gasteiger charge is 2.11. The predicted molar refractivity (Wildman–Crippen MR) is 68.8 cm³/mol. The summed E-state index contributed by atoms with van der Waals surface area (Å²) in [4.78, 5) is 2.94. The van der Waals surface area contributed by atoms with Crippen LogP contribution in [0.2, 0.25) is 0 Å². The van der Waals surface area contributed by atoms with Crippen LogP contribution in [0.4, 0.5) is 0 Å². The van der Waals surface area contributed by atoms with E-state index >= 15 is 0 Å². The first kappa shape index (κ1) is 11.9. The smallest absolute Gasteiger partial charge is 0.105 e. The highest BCUT2D eigenvalue weighted by Crippen LogP contribution is 2.23. The Hall–Kier alpha value is -1.58. The van der Waals surface area contributed by atoms with E-state index in [4.69, 9.17) is 5.73 Å². The molecule has 0 aliphatic heterocycles. The van der Waals surface area contributed by atoms with E-state index in [9.17, 15) is 5.11 Å². The van der Waals surface area contributed by atoms with Crippen LogP contribution in [0.15, 0.2) is 42.7 Å². The molecule has 0 aliphatic rings. The maximum atomic E-state index is 10.1. The van der Waals surface area contributed by atoms with Crippen LogP contribution in [0, 0.1) is 0 Å². The third-order valence-electron chi connectivity index (χ3n) is 3.11. The van der Waals surface area contributed by atoms with Crippen LogP contribution in [0.5, 0.6) is 0 Å². The molecule has 0 spiro atoms. The summed E-state index contributed by atoms with van der Waals surface area (Å²) >= 11 is 0. The number of rotatable bonds is 4. The monoisotopic (exact) mass is 230 g/mol. The lowest BCUT2D eigenvalue weighted by atomic mass is 9.97. The van der Waals surface area contributed by atoms with Crippen molar-refractivity contribution >= 4 is 0 Å². The molecule has 2 atom stereocenters. The zero-order valence-corrected chi connectivity index (χ0v) is 9.93. The van der Waals surface area contributed by atoms with Crippen LogP contribution in [-0.2, 0) is 0 Å². The van der Waals surface area contributed by atoms with Gasteiger partial charge in [0, 0.05) is 18.0 Å². The number of aliphatic hydroxyl groups is 1. The quantitative estimate of drug-likeness (QED) is 0.753. The summed E-state index contributed by atoms with van der Waals surface area (Å²) in [5, 5.41) is 10.1. The molecule has 0 amide bonds. The molecule has 1 aromatic heterocycles. The predicted octanol–water partition coefficient (Wildman–Crippen LogP) is 2.16. The highest BCUT2D eigenvalue weighted by atomic mass is 16.3. The molecule has 0 bridgehead atoms. The van der Waals surface area contributed by atoms with Gasteiger partial charge in [0.15, 0.2) is 0 Å². The van der Waals surface area contributed by atoms with Crippen molar-refractivity contribution < 1.29 is 5.11 Å². The lowest BCUT2D eigenvalue weighted by molar-refractivity contribution is 0.220. The Kier molecular flexibility index (Phi) is 3.61. The van der Waals surface area contributed by atoms with E-state index < -0.39 is 6.10 Å². The summed E-state index contributed by atoms with van der Waals surface area (Å²) in [6.45, 7) is 2.73. The van der Waals surface area contributed by atoms with E-state index in [0.29, 0.717) is 12.5 Å². The minimum Gasteiger partial charge on any atom is -0.384 e. The summed E-state index contributed by atoms with van der Waals surface area (Å²) in [5.74, 6) is 0.355. The molecule has 0 saturated carbocycles. The van der Waals surface area contributed by atoms with Crippen molar-refractivity contribution in [1.29, 1.82) is 0 Å². The zero-order chi connectivity index (χ0) is 12.3. The van der Waals surface area contributed by atoms with Crippen molar-refractivity contribution in [2.45, 2.75) is 18.9 Å². The molecule has 0 aliphatic carbocycles. The maximum Gasteiger partial charge on any atom is 0.105 e. The van der Waals surface area contributed by atoms with Crippen molar-refractivity contribution in [2.75, 3.05) is 6.54 Å². The first-order chi connectivity index (χ1) is 8.22. The van der Waals surface area contributed by atoms with Crippen LogP contribution in [0.1, 0.15) is 35.6 Å². The number of aromatic nitrogens is 1. The molecule has 90 valence electrons. The van der Waals surface area contributed by atoms with Gasteiger partial charge in [-0.2, -0.15) is 0 Å². The summed E-state index contributed by atoms with van der Waals surface area (Å²) in [6.07, 6.45) is 3.05. The first-order valence-corrected chi connectivity index (χ1v) is 5.83. The molecule has 3 nitrogen and oxygen atoms in total. The van der Waals surface area contributed by atoms with Crippen LogP contribution in [0.25, 0.3) is 0 Å². The van der Waals surface area contributed by atoms with Gasteiger partial charge in [0.05, 0.1) is 0 Å². The number of H-pyrrole nitrogens is 1. The highest BCUT2D eigenvalue weighted by molar-refractivity contribution is 5.31. The molecule has 0 saturated heterocycles. The second-order valence-corrected chi connectivity index (χ2v) is 4.35. The molecule has 17 heavy (non-hydrogen) atoms. The van der Waals surface area contributed by atoms with Gasteiger partial charge >= 0.3 is 0 Å². The minimum atomic E-state index is -0.566. The Bertz CT molecular complexity index is 448. The molecule has 2 aromatic rings. The van der Waals surface area contributed by atoms with Gasteiger partial charge in [0.2, 0.25) is 0 Å². The standard InChI is InChI=1S/C14H18N2O/c1-10(8-15)11-2-4-12(5-3-11)14(17)13-6-7-16-9-13/h2-7,9-10,14,16-17H,8,15H2,1H3. The molecule has 3 heteroatoms. The molecule has 0 fully saturated rings. The largest absolute Gasteiger partial charge is 0.384 e. The Morgan fingerprint density at radius 1 is 1.12 bits per heavy atom. The number of hydrogen-bond donors (Lipinski definition) is 3. The number of aliphatic hydroxyl groups excluding tert-OH is 1. The van der Waals surface area contributed by atoms with Gasteiger partial charge in [0.25, 0.3) is 0 Å². The van der Waals surface area contributed by atoms with Gasteiger partial charge in [0.1, 0.15) is 6.10 Å². The van der Waals surface area contributed by atoms with Crippen LogP contribution in [-0.4, -0.2) is 16.6 Å². The van der Waals surface area contributed by atoms with Gasteiger partial charge in [-0.25, -0.2) is 0 Å². The van der Waals surface area contributed by atoms with E-state index in [1.54, 1.807) is 6.20 Å². The van der Waals surface area contributed by atoms with E-state index in [2.05, 4.69) is 11.9 Å². The van der Waals surface area contributed by atoms with E-state index in [1.165, 1.54) is 5.56 Å². The summed E-state index contributed by atoms with van der Waals surface area (Å²) in [6, 6.07) is 9.85. The number of nitrogens with one attached hydrogen (secondary N) is 1. The van der Waals surface area contributed by atoms with Crippen molar-refractivity contribution in [1.82, 2.24) is 4.98 Å². The fourth-order valence-corrected chi connectivity index (χ4v) is 1.84. The van der Waals surface area contributed by atoms with Crippen LogP contribution >= 0.6 is 0 Å². The Balaban J connectivity index is 2.18.